The number of nitrogens with one attached hydrogen (secondary N) is 1. The molecule has 2 atom stereocenters. The summed E-state index contributed by atoms with van der Waals surface area (Å²) in [5.41, 5.74) is 3.61. The Morgan fingerprint density at radius 1 is 1.35 bits per heavy atom. The molecule has 3 fully saturated rings. The Balaban J connectivity index is 1.75. The van der Waals surface area contributed by atoms with E-state index in [2.05, 4.69) is 31.2 Å². The van der Waals surface area contributed by atoms with Gasteiger partial charge in [-0.1, -0.05) is 15.9 Å². The van der Waals surface area contributed by atoms with Gasteiger partial charge >= 0.3 is 0 Å². The van der Waals surface area contributed by atoms with Gasteiger partial charge in [0.25, 0.3) is 0 Å². The third-order valence-corrected chi connectivity index (χ3v) is 4.94. The molecule has 2 bridgehead atoms. The Morgan fingerprint density at radius 3 is 2.70 bits per heavy atom. The van der Waals surface area contributed by atoms with E-state index in [0.29, 0.717) is 18.0 Å². The van der Waals surface area contributed by atoms with Crippen LogP contribution < -0.4 is 11.3 Å². The summed E-state index contributed by atoms with van der Waals surface area (Å²) in [6.07, 6.45) is 0.608. The molecule has 4 rings (SSSR count). The first-order valence-corrected chi connectivity index (χ1v) is 7.83. The minimum Gasteiger partial charge on any atom is -0.299 e. The van der Waals surface area contributed by atoms with Crippen LogP contribution in [0.5, 0.6) is 0 Å². The SMILES string of the molecule is NNC(Cc1cc(Br)ccc1F)C1CN2CCN1CC2. The Kier molecular flexibility index (Phi) is 4.37. The number of fused-ring (bicyclic) bond motifs is 3. The van der Waals surface area contributed by atoms with Crippen molar-refractivity contribution in [2.45, 2.75) is 18.5 Å². The number of piperazine rings is 3. The monoisotopic (exact) mass is 342 g/mol. The van der Waals surface area contributed by atoms with Crippen LogP contribution in [0.25, 0.3) is 0 Å². The zero-order valence-corrected chi connectivity index (χ0v) is 12.9. The van der Waals surface area contributed by atoms with Crippen molar-refractivity contribution in [2.75, 3.05) is 32.7 Å². The summed E-state index contributed by atoms with van der Waals surface area (Å²) in [5, 5.41) is 0. The standard InChI is InChI=1S/C14H20BrFN4/c15-11-1-2-12(16)10(7-11)8-13(18-17)14-9-19-3-5-20(14)6-4-19/h1-2,7,13-14,18H,3-6,8-9,17H2. The van der Waals surface area contributed by atoms with Crippen LogP contribution in [0.2, 0.25) is 0 Å². The lowest BCUT2D eigenvalue weighted by atomic mass is 9.94. The highest BCUT2D eigenvalue weighted by Gasteiger charge is 2.36. The van der Waals surface area contributed by atoms with Gasteiger partial charge in [0.2, 0.25) is 0 Å². The first-order valence-electron chi connectivity index (χ1n) is 7.04. The van der Waals surface area contributed by atoms with Crippen molar-refractivity contribution in [1.29, 1.82) is 0 Å². The predicted octanol–water partition coefficient (Wildman–Crippen LogP) is 0.962. The largest absolute Gasteiger partial charge is 0.299 e. The number of hydrogen-bond donors (Lipinski definition) is 2. The van der Waals surface area contributed by atoms with Crippen molar-refractivity contribution >= 4 is 15.9 Å². The Labute approximate surface area is 127 Å². The molecule has 3 aliphatic heterocycles. The molecule has 0 saturated carbocycles. The number of rotatable bonds is 4. The molecule has 4 nitrogen and oxygen atoms in total. The number of benzene rings is 1. The van der Waals surface area contributed by atoms with E-state index in [1.807, 2.05) is 6.07 Å². The minimum atomic E-state index is -0.162. The minimum absolute atomic E-state index is 0.0712. The van der Waals surface area contributed by atoms with E-state index in [1.165, 1.54) is 6.07 Å². The van der Waals surface area contributed by atoms with Gasteiger partial charge in [-0.2, -0.15) is 0 Å². The number of hydrogen-bond acceptors (Lipinski definition) is 4. The molecule has 110 valence electrons. The zero-order valence-electron chi connectivity index (χ0n) is 11.4. The molecule has 0 radical (unpaired) electrons. The summed E-state index contributed by atoms with van der Waals surface area (Å²) in [4.78, 5) is 4.94. The molecule has 0 aromatic heterocycles. The van der Waals surface area contributed by atoms with Crippen molar-refractivity contribution in [3.05, 3.63) is 34.1 Å². The summed E-state index contributed by atoms with van der Waals surface area (Å²) in [6, 6.07) is 5.50. The Hall–Kier alpha value is -0.530. The first kappa shape index (κ1) is 14.4. The topological polar surface area (TPSA) is 44.5 Å². The molecule has 0 amide bonds. The summed E-state index contributed by atoms with van der Waals surface area (Å²) in [6.45, 7) is 5.47. The second kappa shape index (κ2) is 6.07. The van der Waals surface area contributed by atoms with E-state index in [9.17, 15) is 4.39 Å². The molecule has 2 unspecified atom stereocenters. The van der Waals surface area contributed by atoms with Crippen LogP contribution in [0, 0.1) is 5.82 Å². The van der Waals surface area contributed by atoms with Gasteiger partial charge in [-0.25, -0.2) is 4.39 Å². The second-order valence-corrected chi connectivity index (χ2v) is 6.53. The lowest BCUT2D eigenvalue weighted by Crippen LogP contribution is -2.67. The van der Waals surface area contributed by atoms with Gasteiger partial charge < -0.3 is 0 Å². The molecule has 3 N–H and O–H groups in total. The highest BCUT2D eigenvalue weighted by atomic mass is 79.9. The fraction of sp³-hybridized carbons (Fsp3) is 0.571. The lowest BCUT2D eigenvalue weighted by Gasteiger charge is -2.50. The third-order valence-electron chi connectivity index (χ3n) is 4.45. The third kappa shape index (κ3) is 2.89. The average molecular weight is 343 g/mol. The predicted molar refractivity (Wildman–Crippen MR) is 80.7 cm³/mol. The van der Waals surface area contributed by atoms with Gasteiger partial charge in [0.05, 0.1) is 0 Å². The van der Waals surface area contributed by atoms with Crippen LogP contribution in [0.15, 0.2) is 22.7 Å². The van der Waals surface area contributed by atoms with Gasteiger partial charge in [-0.15, -0.1) is 0 Å². The molecule has 0 spiro atoms. The van der Waals surface area contributed by atoms with E-state index in [4.69, 9.17) is 5.84 Å². The molecule has 1 aromatic carbocycles. The summed E-state index contributed by atoms with van der Waals surface area (Å²) in [7, 11) is 0. The molecule has 3 aliphatic rings. The smallest absolute Gasteiger partial charge is 0.126 e. The molecular formula is C14H20BrFN4. The molecule has 3 saturated heterocycles. The van der Waals surface area contributed by atoms with Crippen molar-refractivity contribution in [2.24, 2.45) is 5.84 Å². The van der Waals surface area contributed by atoms with Crippen LogP contribution in [-0.2, 0) is 6.42 Å². The summed E-state index contributed by atoms with van der Waals surface area (Å²) < 4.78 is 14.8. The van der Waals surface area contributed by atoms with Crippen LogP contribution in [0.3, 0.4) is 0 Å². The number of nitrogens with zero attached hydrogens (tertiary/aromatic N) is 2. The maximum Gasteiger partial charge on any atom is 0.126 e. The summed E-state index contributed by atoms with van der Waals surface area (Å²) in [5.74, 6) is 5.58. The quantitative estimate of drug-likeness (QED) is 0.632. The highest BCUT2D eigenvalue weighted by molar-refractivity contribution is 9.10. The van der Waals surface area contributed by atoms with Gasteiger partial charge in [0.15, 0.2) is 0 Å². The maximum absolute atomic E-state index is 13.9. The van der Waals surface area contributed by atoms with Crippen LogP contribution >= 0.6 is 15.9 Å². The second-order valence-electron chi connectivity index (χ2n) is 5.62. The first-order chi connectivity index (χ1) is 9.67. The average Bonchev–Trinajstić information content (AvgIpc) is 2.49. The van der Waals surface area contributed by atoms with Crippen LogP contribution in [0.1, 0.15) is 5.56 Å². The lowest BCUT2D eigenvalue weighted by molar-refractivity contribution is -0.00325. The fourth-order valence-electron chi connectivity index (χ4n) is 3.28. The van der Waals surface area contributed by atoms with Gasteiger partial charge in [-0.05, 0) is 30.2 Å². The highest BCUT2D eigenvalue weighted by Crippen LogP contribution is 2.22. The molecular weight excluding hydrogens is 323 g/mol. The number of hydrazine groups is 1. The zero-order chi connectivity index (χ0) is 14.1. The number of nitrogens with two attached hydrogens (primary N) is 1. The van der Waals surface area contributed by atoms with E-state index < -0.39 is 0 Å². The van der Waals surface area contributed by atoms with Crippen molar-refractivity contribution in [3.63, 3.8) is 0 Å². The fourth-order valence-corrected chi connectivity index (χ4v) is 3.69. The van der Waals surface area contributed by atoms with E-state index in [-0.39, 0.29) is 11.9 Å². The van der Waals surface area contributed by atoms with Crippen molar-refractivity contribution < 1.29 is 4.39 Å². The molecule has 6 heteroatoms. The van der Waals surface area contributed by atoms with Gasteiger partial charge in [0, 0.05) is 49.3 Å². The van der Waals surface area contributed by atoms with Crippen LogP contribution in [0.4, 0.5) is 4.39 Å². The van der Waals surface area contributed by atoms with Crippen molar-refractivity contribution in [3.8, 4) is 0 Å². The molecule has 1 aromatic rings. The number of halogens is 2. The van der Waals surface area contributed by atoms with Gasteiger partial charge in [0.1, 0.15) is 5.82 Å². The molecule has 0 aliphatic carbocycles. The Morgan fingerprint density at radius 2 is 2.10 bits per heavy atom. The van der Waals surface area contributed by atoms with Crippen molar-refractivity contribution in [1.82, 2.24) is 15.2 Å². The summed E-state index contributed by atoms with van der Waals surface area (Å²) >= 11 is 3.40. The normalized spacial score (nSPS) is 30.4. The van der Waals surface area contributed by atoms with E-state index >= 15 is 0 Å². The molecule has 20 heavy (non-hydrogen) atoms. The van der Waals surface area contributed by atoms with E-state index in [0.717, 1.165) is 37.2 Å². The van der Waals surface area contributed by atoms with E-state index in [1.54, 1.807) is 6.07 Å². The van der Waals surface area contributed by atoms with Gasteiger partial charge in [-0.3, -0.25) is 21.1 Å². The van der Waals surface area contributed by atoms with Crippen LogP contribution in [-0.4, -0.2) is 54.6 Å². The Bertz CT molecular complexity index is 476. The molecule has 3 heterocycles. The maximum atomic E-state index is 13.9.